The predicted molar refractivity (Wildman–Crippen MR) is 57.7 cm³/mol. The molecule has 0 aliphatic rings. The van der Waals surface area contributed by atoms with Gasteiger partial charge in [-0.1, -0.05) is 11.6 Å². The van der Waals surface area contributed by atoms with Crippen LogP contribution in [0.3, 0.4) is 0 Å². The molecule has 0 spiro atoms. The molecule has 0 saturated heterocycles. The fraction of sp³-hybridized carbons (Fsp3) is 0.182. The molecule has 5 nitrogen and oxygen atoms in total. The van der Waals surface area contributed by atoms with E-state index in [4.69, 9.17) is 5.11 Å². The molecular formula is C11H10N2O3. The Hall–Kier alpha value is -2.17. The van der Waals surface area contributed by atoms with Crippen molar-refractivity contribution >= 4 is 22.8 Å². The molecule has 0 aliphatic heterocycles. The molecule has 16 heavy (non-hydrogen) atoms. The van der Waals surface area contributed by atoms with E-state index >= 15 is 0 Å². The zero-order valence-corrected chi connectivity index (χ0v) is 8.89. The van der Waals surface area contributed by atoms with Crippen LogP contribution in [0.2, 0.25) is 0 Å². The van der Waals surface area contributed by atoms with E-state index in [0.29, 0.717) is 10.9 Å². The number of carbonyl (C=O) groups excluding carboxylic acids is 1. The van der Waals surface area contributed by atoms with Crippen molar-refractivity contribution in [3.8, 4) is 0 Å². The molecule has 1 heterocycles. The summed E-state index contributed by atoms with van der Waals surface area (Å²) in [7, 11) is 0. The summed E-state index contributed by atoms with van der Waals surface area (Å²) in [5.41, 5.74) is 1.36. The fourth-order valence-electron chi connectivity index (χ4n) is 1.63. The van der Waals surface area contributed by atoms with E-state index in [1.165, 1.54) is 6.92 Å². The first-order valence-corrected chi connectivity index (χ1v) is 4.74. The van der Waals surface area contributed by atoms with E-state index in [9.17, 15) is 9.59 Å². The predicted octanol–water partition coefficient (Wildman–Crippen LogP) is 1.70. The van der Waals surface area contributed by atoms with Gasteiger partial charge in [0.2, 0.25) is 5.91 Å². The second-order valence-electron chi connectivity index (χ2n) is 3.61. The third-order valence-corrected chi connectivity index (χ3v) is 2.34. The van der Waals surface area contributed by atoms with Crippen molar-refractivity contribution in [2.75, 3.05) is 0 Å². The Morgan fingerprint density at radius 2 is 2.06 bits per heavy atom. The topological polar surface area (TPSA) is 72.2 Å². The molecule has 0 radical (unpaired) electrons. The molecule has 2 aromatic rings. The molecule has 1 aromatic heterocycles. The van der Waals surface area contributed by atoms with Crippen LogP contribution in [0.1, 0.15) is 27.8 Å². The zero-order valence-electron chi connectivity index (χ0n) is 8.89. The summed E-state index contributed by atoms with van der Waals surface area (Å²) in [6.07, 6.45) is 0. The van der Waals surface area contributed by atoms with Crippen LogP contribution in [0.5, 0.6) is 0 Å². The molecule has 0 saturated carbocycles. The van der Waals surface area contributed by atoms with E-state index in [1.807, 2.05) is 13.0 Å². The number of benzene rings is 1. The Labute approximate surface area is 91.3 Å². The molecule has 0 fully saturated rings. The van der Waals surface area contributed by atoms with Crippen molar-refractivity contribution in [3.05, 3.63) is 29.5 Å². The summed E-state index contributed by atoms with van der Waals surface area (Å²) in [4.78, 5) is 22.3. The van der Waals surface area contributed by atoms with Crippen LogP contribution < -0.4 is 0 Å². The van der Waals surface area contributed by atoms with Crippen LogP contribution >= 0.6 is 0 Å². The number of rotatable bonds is 1. The first-order valence-electron chi connectivity index (χ1n) is 4.74. The Morgan fingerprint density at radius 1 is 1.38 bits per heavy atom. The summed E-state index contributed by atoms with van der Waals surface area (Å²) in [6.45, 7) is 3.20. The molecule has 2 rings (SSSR count). The zero-order chi connectivity index (χ0) is 11.9. The normalized spacial score (nSPS) is 10.6. The number of nitrogens with zero attached hydrogens (tertiary/aromatic N) is 2. The van der Waals surface area contributed by atoms with Crippen LogP contribution in [-0.2, 0) is 0 Å². The fourth-order valence-corrected chi connectivity index (χ4v) is 1.63. The van der Waals surface area contributed by atoms with Gasteiger partial charge >= 0.3 is 5.97 Å². The highest BCUT2D eigenvalue weighted by molar-refractivity contribution is 6.04. The summed E-state index contributed by atoms with van der Waals surface area (Å²) in [5, 5.41) is 13.3. The highest BCUT2D eigenvalue weighted by Crippen LogP contribution is 2.20. The smallest absolute Gasteiger partial charge is 0.357 e. The molecule has 82 valence electrons. The van der Waals surface area contributed by atoms with Gasteiger partial charge in [-0.25, -0.2) is 4.79 Å². The highest BCUT2D eigenvalue weighted by atomic mass is 16.4. The lowest BCUT2D eigenvalue weighted by Gasteiger charge is -1.96. The lowest BCUT2D eigenvalue weighted by atomic mass is 10.1. The van der Waals surface area contributed by atoms with Crippen molar-refractivity contribution < 1.29 is 14.7 Å². The third kappa shape index (κ3) is 1.46. The molecular weight excluding hydrogens is 208 g/mol. The minimum absolute atomic E-state index is 0.0890. The number of carboxylic acid groups (broad SMARTS) is 1. The Kier molecular flexibility index (Phi) is 2.23. The van der Waals surface area contributed by atoms with E-state index < -0.39 is 5.97 Å². The minimum Gasteiger partial charge on any atom is -0.476 e. The molecule has 0 atom stereocenters. The van der Waals surface area contributed by atoms with Gasteiger partial charge in [0.05, 0.1) is 5.52 Å². The van der Waals surface area contributed by atoms with E-state index in [2.05, 4.69) is 5.10 Å². The SMILES string of the molecule is CC(=O)n1nc(C(=O)O)c2cc(C)ccc21. The Bertz CT molecular complexity index is 599. The number of fused-ring (bicyclic) bond motifs is 1. The van der Waals surface area contributed by atoms with Crippen LogP contribution in [0.25, 0.3) is 10.9 Å². The second-order valence-corrected chi connectivity index (χ2v) is 3.61. The average molecular weight is 218 g/mol. The van der Waals surface area contributed by atoms with Crippen molar-refractivity contribution in [3.63, 3.8) is 0 Å². The quantitative estimate of drug-likeness (QED) is 0.790. The number of aryl methyl sites for hydroxylation is 1. The second kappa shape index (κ2) is 3.44. The summed E-state index contributed by atoms with van der Waals surface area (Å²) >= 11 is 0. The maximum atomic E-state index is 11.3. The van der Waals surface area contributed by atoms with Crippen molar-refractivity contribution in [2.24, 2.45) is 0 Å². The number of carbonyl (C=O) groups is 2. The minimum atomic E-state index is -1.13. The molecule has 1 N–H and O–H groups in total. The maximum Gasteiger partial charge on any atom is 0.357 e. The van der Waals surface area contributed by atoms with Crippen LogP contribution in [-0.4, -0.2) is 26.8 Å². The highest BCUT2D eigenvalue weighted by Gasteiger charge is 2.17. The standard InChI is InChI=1S/C11H10N2O3/c1-6-3-4-9-8(5-6)10(11(15)16)12-13(9)7(2)14/h3-5H,1-2H3,(H,15,16). The van der Waals surface area contributed by atoms with Gasteiger partial charge in [0, 0.05) is 12.3 Å². The van der Waals surface area contributed by atoms with E-state index in [1.54, 1.807) is 12.1 Å². The first-order chi connectivity index (χ1) is 7.50. The third-order valence-electron chi connectivity index (χ3n) is 2.34. The lowest BCUT2D eigenvalue weighted by Crippen LogP contribution is -2.08. The molecule has 0 aliphatic carbocycles. The number of aromatic carboxylic acids is 1. The largest absolute Gasteiger partial charge is 0.476 e. The van der Waals surface area contributed by atoms with E-state index in [0.717, 1.165) is 10.2 Å². The summed E-state index contributed by atoms with van der Waals surface area (Å²) in [5.74, 6) is -1.43. The van der Waals surface area contributed by atoms with Gasteiger partial charge in [-0.3, -0.25) is 4.79 Å². The van der Waals surface area contributed by atoms with Crippen LogP contribution in [0.4, 0.5) is 0 Å². The van der Waals surface area contributed by atoms with Gasteiger partial charge in [-0.2, -0.15) is 9.78 Å². The Balaban J connectivity index is 2.87. The van der Waals surface area contributed by atoms with Gasteiger partial charge in [0.1, 0.15) is 0 Å². The van der Waals surface area contributed by atoms with Gasteiger partial charge in [0.25, 0.3) is 0 Å². The Morgan fingerprint density at radius 3 is 2.62 bits per heavy atom. The number of hydrogen-bond donors (Lipinski definition) is 1. The van der Waals surface area contributed by atoms with E-state index in [-0.39, 0.29) is 11.6 Å². The van der Waals surface area contributed by atoms with Crippen LogP contribution in [0, 0.1) is 6.92 Å². The van der Waals surface area contributed by atoms with Gasteiger partial charge in [0.15, 0.2) is 5.69 Å². The van der Waals surface area contributed by atoms with Crippen molar-refractivity contribution in [1.29, 1.82) is 0 Å². The van der Waals surface area contributed by atoms with Gasteiger partial charge < -0.3 is 5.11 Å². The monoisotopic (exact) mass is 218 g/mol. The average Bonchev–Trinajstić information content (AvgIpc) is 2.56. The lowest BCUT2D eigenvalue weighted by molar-refractivity contribution is 0.0691. The van der Waals surface area contributed by atoms with Crippen molar-refractivity contribution in [1.82, 2.24) is 9.78 Å². The van der Waals surface area contributed by atoms with Crippen molar-refractivity contribution in [2.45, 2.75) is 13.8 Å². The summed E-state index contributed by atoms with van der Waals surface area (Å²) in [6, 6.07) is 5.23. The molecule has 0 amide bonds. The number of aromatic nitrogens is 2. The van der Waals surface area contributed by atoms with Gasteiger partial charge in [-0.15, -0.1) is 0 Å². The molecule has 0 unspecified atom stereocenters. The molecule has 1 aromatic carbocycles. The molecule has 0 bridgehead atoms. The summed E-state index contributed by atoms with van der Waals surface area (Å²) < 4.78 is 1.11. The number of hydrogen-bond acceptors (Lipinski definition) is 3. The molecule has 5 heteroatoms. The maximum absolute atomic E-state index is 11.3. The van der Waals surface area contributed by atoms with Gasteiger partial charge in [-0.05, 0) is 19.1 Å². The number of carboxylic acids is 1. The van der Waals surface area contributed by atoms with Crippen LogP contribution in [0.15, 0.2) is 18.2 Å². The first kappa shape index (κ1) is 10.4.